The van der Waals surface area contributed by atoms with Crippen molar-refractivity contribution in [2.24, 2.45) is 5.73 Å². The molecule has 0 aromatic carbocycles. The number of nitrogens with zero attached hydrogens (tertiary/aromatic N) is 3. The highest BCUT2D eigenvalue weighted by molar-refractivity contribution is 7.09. The van der Waals surface area contributed by atoms with Gasteiger partial charge in [-0.15, -0.1) is 11.3 Å². The molecule has 0 aliphatic heterocycles. The molecule has 0 bridgehead atoms. The minimum atomic E-state index is 0.303. The Balaban J connectivity index is 1.61. The molecule has 0 saturated heterocycles. The number of rotatable bonds is 5. The lowest BCUT2D eigenvalue weighted by molar-refractivity contribution is 0.345. The first-order valence-corrected chi connectivity index (χ1v) is 7.61. The second-order valence-electron chi connectivity index (χ2n) is 5.07. The quantitative estimate of drug-likeness (QED) is 0.768. The van der Waals surface area contributed by atoms with Gasteiger partial charge in [-0.1, -0.05) is 0 Å². The molecule has 1 fully saturated rings. The zero-order chi connectivity index (χ0) is 13.9. The number of thiazole rings is 1. The standard InChI is InChI=1S/C13H18N6S/c14-9-5-8(6-9)10-7-11(19-13(15)18-10)16-2-1-12-17-3-4-20-12/h3-4,7-9H,1-2,5-6,14H2,(H3,15,16,18,19). The van der Waals surface area contributed by atoms with Gasteiger partial charge in [0.05, 0.1) is 10.7 Å². The second-order valence-corrected chi connectivity index (χ2v) is 6.05. The first kappa shape index (κ1) is 13.3. The maximum atomic E-state index is 5.82. The number of nitrogens with one attached hydrogen (secondary N) is 1. The SMILES string of the molecule is Nc1nc(NCCc2nccs2)cc(C2CC(N)C2)n1. The number of hydrogen-bond donors (Lipinski definition) is 3. The van der Waals surface area contributed by atoms with Crippen molar-refractivity contribution in [2.75, 3.05) is 17.6 Å². The molecular weight excluding hydrogens is 272 g/mol. The van der Waals surface area contributed by atoms with Crippen LogP contribution in [0, 0.1) is 0 Å². The molecule has 0 spiro atoms. The first-order valence-electron chi connectivity index (χ1n) is 6.73. The van der Waals surface area contributed by atoms with Crippen molar-refractivity contribution >= 4 is 23.1 Å². The highest BCUT2D eigenvalue weighted by Crippen LogP contribution is 2.35. The molecule has 0 atom stereocenters. The third kappa shape index (κ3) is 3.05. The molecule has 0 amide bonds. The Kier molecular flexibility index (Phi) is 3.79. The predicted octanol–water partition coefficient (Wildman–Crippen LogP) is 1.37. The minimum absolute atomic E-state index is 0.303. The third-order valence-electron chi connectivity index (χ3n) is 3.48. The maximum Gasteiger partial charge on any atom is 0.222 e. The summed E-state index contributed by atoms with van der Waals surface area (Å²) in [6, 6.07) is 2.28. The van der Waals surface area contributed by atoms with E-state index < -0.39 is 0 Å². The zero-order valence-electron chi connectivity index (χ0n) is 11.1. The summed E-state index contributed by atoms with van der Waals surface area (Å²) in [6.07, 6.45) is 4.66. The minimum Gasteiger partial charge on any atom is -0.369 e. The van der Waals surface area contributed by atoms with Crippen molar-refractivity contribution < 1.29 is 0 Å². The van der Waals surface area contributed by atoms with E-state index in [1.165, 1.54) is 0 Å². The van der Waals surface area contributed by atoms with Crippen molar-refractivity contribution in [1.29, 1.82) is 0 Å². The predicted molar refractivity (Wildman–Crippen MR) is 80.7 cm³/mol. The van der Waals surface area contributed by atoms with Crippen LogP contribution in [0.25, 0.3) is 0 Å². The molecule has 0 radical (unpaired) electrons. The molecule has 1 saturated carbocycles. The van der Waals surface area contributed by atoms with Crippen LogP contribution >= 0.6 is 11.3 Å². The fourth-order valence-electron chi connectivity index (χ4n) is 2.36. The van der Waals surface area contributed by atoms with Gasteiger partial charge in [0.25, 0.3) is 0 Å². The van der Waals surface area contributed by atoms with Crippen LogP contribution in [0.3, 0.4) is 0 Å². The Morgan fingerprint density at radius 2 is 2.20 bits per heavy atom. The van der Waals surface area contributed by atoms with Gasteiger partial charge in [0.1, 0.15) is 5.82 Å². The summed E-state index contributed by atoms with van der Waals surface area (Å²) in [5, 5.41) is 6.38. The van der Waals surface area contributed by atoms with Gasteiger partial charge in [0.15, 0.2) is 0 Å². The smallest absolute Gasteiger partial charge is 0.222 e. The van der Waals surface area contributed by atoms with Crippen LogP contribution in [0.4, 0.5) is 11.8 Å². The molecule has 6 nitrogen and oxygen atoms in total. The largest absolute Gasteiger partial charge is 0.369 e. The summed E-state index contributed by atoms with van der Waals surface area (Å²) in [5.74, 6) is 1.53. The molecule has 7 heteroatoms. The topological polar surface area (TPSA) is 103 Å². The summed E-state index contributed by atoms with van der Waals surface area (Å²) in [6.45, 7) is 0.785. The van der Waals surface area contributed by atoms with Crippen LogP contribution in [0.15, 0.2) is 17.6 Å². The third-order valence-corrected chi connectivity index (χ3v) is 4.32. The van der Waals surface area contributed by atoms with Gasteiger partial charge in [0, 0.05) is 42.6 Å². The number of aromatic nitrogens is 3. The average molecular weight is 290 g/mol. The van der Waals surface area contributed by atoms with E-state index in [9.17, 15) is 0 Å². The van der Waals surface area contributed by atoms with E-state index in [2.05, 4.69) is 20.3 Å². The molecule has 0 unspecified atom stereocenters. The second kappa shape index (κ2) is 5.72. The van der Waals surface area contributed by atoms with Crippen LogP contribution < -0.4 is 16.8 Å². The van der Waals surface area contributed by atoms with Gasteiger partial charge in [-0.2, -0.15) is 4.98 Å². The van der Waals surface area contributed by atoms with Crippen LogP contribution in [0.1, 0.15) is 29.5 Å². The Morgan fingerprint density at radius 1 is 1.35 bits per heavy atom. The number of nitrogen functional groups attached to an aromatic ring is 1. The van der Waals surface area contributed by atoms with E-state index in [-0.39, 0.29) is 0 Å². The van der Waals surface area contributed by atoms with E-state index in [4.69, 9.17) is 11.5 Å². The Bertz CT molecular complexity index is 564. The summed E-state index contributed by atoms with van der Waals surface area (Å²) in [5.41, 5.74) is 12.6. The van der Waals surface area contributed by atoms with Gasteiger partial charge < -0.3 is 16.8 Å². The molecule has 5 N–H and O–H groups in total. The van der Waals surface area contributed by atoms with Crippen molar-refractivity contribution in [2.45, 2.75) is 31.2 Å². The molecular formula is C13H18N6S. The summed E-state index contributed by atoms with van der Waals surface area (Å²) >= 11 is 1.66. The summed E-state index contributed by atoms with van der Waals surface area (Å²) in [4.78, 5) is 12.8. The van der Waals surface area contributed by atoms with E-state index >= 15 is 0 Å². The van der Waals surface area contributed by atoms with Crippen molar-refractivity contribution in [3.63, 3.8) is 0 Å². The van der Waals surface area contributed by atoms with Gasteiger partial charge in [-0.05, 0) is 12.8 Å². The number of anilines is 2. The maximum absolute atomic E-state index is 5.82. The Hall–Kier alpha value is -1.73. The van der Waals surface area contributed by atoms with E-state index in [1.54, 1.807) is 11.3 Å². The lowest BCUT2D eigenvalue weighted by Crippen LogP contribution is -2.35. The van der Waals surface area contributed by atoms with Gasteiger partial charge in [-0.25, -0.2) is 9.97 Å². The highest BCUT2D eigenvalue weighted by atomic mass is 32.1. The van der Waals surface area contributed by atoms with Crippen molar-refractivity contribution in [3.05, 3.63) is 28.3 Å². The van der Waals surface area contributed by atoms with Crippen LogP contribution in [-0.4, -0.2) is 27.5 Å². The van der Waals surface area contributed by atoms with Crippen molar-refractivity contribution in [3.8, 4) is 0 Å². The van der Waals surface area contributed by atoms with Crippen LogP contribution in [0.5, 0.6) is 0 Å². The average Bonchev–Trinajstić information content (AvgIpc) is 2.87. The summed E-state index contributed by atoms with van der Waals surface area (Å²) < 4.78 is 0. The first-order chi connectivity index (χ1) is 9.70. The molecule has 3 rings (SSSR count). The van der Waals surface area contributed by atoms with Gasteiger partial charge in [0.2, 0.25) is 5.95 Å². The number of nitrogens with two attached hydrogens (primary N) is 2. The van der Waals surface area contributed by atoms with Crippen LogP contribution in [-0.2, 0) is 6.42 Å². The molecule has 1 aliphatic carbocycles. The normalized spacial score (nSPS) is 21.4. The van der Waals surface area contributed by atoms with E-state index in [0.29, 0.717) is 17.9 Å². The molecule has 2 aromatic rings. The number of hydrogen-bond acceptors (Lipinski definition) is 7. The monoisotopic (exact) mass is 290 g/mol. The van der Waals surface area contributed by atoms with Gasteiger partial charge in [-0.3, -0.25) is 0 Å². The molecule has 106 valence electrons. The van der Waals surface area contributed by atoms with Crippen LogP contribution in [0.2, 0.25) is 0 Å². The lowest BCUT2D eigenvalue weighted by Gasteiger charge is -2.32. The van der Waals surface area contributed by atoms with Crippen molar-refractivity contribution in [1.82, 2.24) is 15.0 Å². The van der Waals surface area contributed by atoms with E-state index in [0.717, 1.165) is 42.3 Å². The Labute approximate surface area is 121 Å². The van der Waals surface area contributed by atoms with Gasteiger partial charge >= 0.3 is 0 Å². The summed E-state index contributed by atoms with van der Waals surface area (Å²) in [7, 11) is 0. The fraction of sp³-hybridized carbons (Fsp3) is 0.462. The molecule has 20 heavy (non-hydrogen) atoms. The Morgan fingerprint density at radius 3 is 2.90 bits per heavy atom. The molecule has 1 aliphatic rings. The van der Waals surface area contributed by atoms with E-state index in [1.807, 2.05) is 17.6 Å². The lowest BCUT2D eigenvalue weighted by atomic mass is 9.78. The fourth-order valence-corrected chi connectivity index (χ4v) is 2.98. The molecule has 2 aromatic heterocycles. The highest BCUT2D eigenvalue weighted by Gasteiger charge is 2.29. The zero-order valence-corrected chi connectivity index (χ0v) is 11.9. The molecule has 2 heterocycles.